The fourth-order valence-electron chi connectivity index (χ4n) is 2.39. The van der Waals surface area contributed by atoms with Crippen LogP contribution in [0, 0.1) is 0 Å². The Balaban J connectivity index is 2.39. The Bertz CT molecular complexity index is 364. The largest absolute Gasteiger partial charge is 0.317 e. The summed E-state index contributed by atoms with van der Waals surface area (Å²) < 4.78 is 0. The quantitative estimate of drug-likeness (QED) is 0.675. The average molecular weight is 297 g/mol. The van der Waals surface area contributed by atoms with Crippen molar-refractivity contribution in [1.82, 2.24) is 10.2 Å². The molecule has 0 aliphatic heterocycles. The fraction of sp³-hybridized carbons (Fsp3) is 0.647. The number of hydrogen-bond donors (Lipinski definition) is 1. The minimum Gasteiger partial charge on any atom is -0.317 e. The predicted octanol–water partition coefficient (Wildman–Crippen LogP) is 4.50. The molecule has 114 valence electrons. The SMILES string of the molecule is CCCNCCCC(C)N(C)C(C)c1ccc(Cl)cc1. The first kappa shape index (κ1) is 17.5. The van der Waals surface area contributed by atoms with E-state index in [4.69, 9.17) is 11.6 Å². The molecule has 0 fully saturated rings. The van der Waals surface area contributed by atoms with E-state index in [1.54, 1.807) is 0 Å². The molecule has 0 bridgehead atoms. The van der Waals surface area contributed by atoms with Gasteiger partial charge in [-0.05, 0) is 70.9 Å². The third-order valence-corrected chi connectivity index (χ3v) is 4.31. The Kier molecular flexibility index (Phi) is 8.20. The highest BCUT2D eigenvalue weighted by Crippen LogP contribution is 2.23. The van der Waals surface area contributed by atoms with E-state index in [2.05, 4.69) is 50.2 Å². The molecule has 1 aromatic rings. The van der Waals surface area contributed by atoms with E-state index in [1.807, 2.05) is 12.1 Å². The molecule has 1 rings (SSSR count). The van der Waals surface area contributed by atoms with Crippen molar-refractivity contribution in [2.24, 2.45) is 0 Å². The molecular formula is C17H29ClN2. The molecule has 2 atom stereocenters. The molecular weight excluding hydrogens is 268 g/mol. The van der Waals surface area contributed by atoms with Gasteiger partial charge < -0.3 is 5.32 Å². The monoisotopic (exact) mass is 296 g/mol. The highest BCUT2D eigenvalue weighted by molar-refractivity contribution is 6.30. The second-order valence-corrected chi connectivity index (χ2v) is 6.07. The second-order valence-electron chi connectivity index (χ2n) is 5.63. The van der Waals surface area contributed by atoms with E-state index in [9.17, 15) is 0 Å². The summed E-state index contributed by atoms with van der Waals surface area (Å²) in [7, 11) is 2.21. The lowest BCUT2D eigenvalue weighted by atomic mass is 10.0. The topological polar surface area (TPSA) is 15.3 Å². The van der Waals surface area contributed by atoms with Gasteiger partial charge in [0.05, 0.1) is 0 Å². The maximum atomic E-state index is 5.95. The lowest BCUT2D eigenvalue weighted by Crippen LogP contribution is -2.32. The molecule has 2 unspecified atom stereocenters. The Labute approximate surface area is 129 Å². The van der Waals surface area contributed by atoms with Crippen molar-refractivity contribution in [3.05, 3.63) is 34.9 Å². The number of nitrogens with one attached hydrogen (secondary N) is 1. The zero-order valence-electron chi connectivity index (χ0n) is 13.3. The number of rotatable bonds is 9. The van der Waals surface area contributed by atoms with Gasteiger partial charge in [-0.2, -0.15) is 0 Å². The predicted molar refractivity (Wildman–Crippen MR) is 89.5 cm³/mol. The van der Waals surface area contributed by atoms with Crippen molar-refractivity contribution in [3.8, 4) is 0 Å². The van der Waals surface area contributed by atoms with Crippen molar-refractivity contribution in [2.45, 2.75) is 52.1 Å². The zero-order chi connectivity index (χ0) is 15.0. The fourth-order valence-corrected chi connectivity index (χ4v) is 2.51. The molecule has 20 heavy (non-hydrogen) atoms. The molecule has 3 heteroatoms. The normalized spacial score (nSPS) is 14.5. The Morgan fingerprint density at radius 1 is 1.15 bits per heavy atom. The van der Waals surface area contributed by atoms with Crippen molar-refractivity contribution in [3.63, 3.8) is 0 Å². The number of halogens is 1. The number of benzene rings is 1. The molecule has 2 nitrogen and oxygen atoms in total. The lowest BCUT2D eigenvalue weighted by molar-refractivity contribution is 0.186. The van der Waals surface area contributed by atoms with Crippen LogP contribution in [0.1, 0.15) is 51.6 Å². The Morgan fingerprint density at radius 2 is 1.80 bits per heavy atom. The molecule has 0 aliphatic rings. The third kappa shape index (κ3) is 5.82. The summed E-state index contributed by atoms with van der Waals surface area (Å²) in [5, 5.41) is 4.27. The van der Waals surface area contributed by atoms with E-state index in [1.165, 1.54) is 24.8 Å². The van der Waals surface area contributed by atoms with Crippen LogP contribution in [0.25, 0.3) is 0 Å². The highest BCUT2D eigenvalue weighted by atomic mass is 35.5. The molecule has 0 heterocycles. The molecule has 0 saturated heterocycles. The first-order valence-corrected chi connectivity index (χ1v) is 8.12. The molecule has 0 saturated carbocycles. The average Bonchev–Trinajstić information content (AvgIpc) is 2.46. The standard InChI is InChI=1S/C17H29ClN2/c1-5-12-19-13-6-7-14(2)20(4)15(3)16-8-10-17(18)11-9-16/h8-11,14-15,19H,5-7,12-13H2,1-4H3. The van der Waals surface area contributed by atoms with Crippen molar-refractivity contribution < 1.29 is 0 Å². The third-order valence-electron chi connectivity index (χ3n) is 4.06. The molecule has 1 aromatic carbocycles. The first-order valence-electron chi connectivity index (χ1n) is 7.74. The summed E-state index contributed by atoms with van der Waals surface area (Å²) >= 11 is 5.95. The molecule has 0 aliphatic carbocycles. The van der Waals surface area contributed by atoms with Crippen LogP contribution in [0.5, 0.6) is 0 Å². The summed E-state index contributed by atoms with van der Waals surface area (Å²) in [5.41, 5.74) is 1.33. The Hall–Kier alpha value is -0.570. The summed E-state index contributed by atoms with van der Waals surface area (Å²) in [6.45, 7) is 9.03. The van der Waals surface area contributed by atoms with Crippen molar-refractivity contribution >= 4 is 11.6 Å². The van der Waals surface area contributed by atoms with Crippen LogP contribution in [-0.4, -0.2) is 31.1 Å². The minimum absolute atomic E-state index is 0.422. The molecule has 0 radical (unpaired) electrons. The smallest absolute Gasteiger partial charge is 0.0406 e. The van der Waals surface area contributed by atoms with Gasteiger partial charge in [-0.25, -0.2) is 0 Å². The highest BCUT2D eigenvalue weighted by Gasteiger charge is 2.16. The van der Waals surface area contributed by atoms with Crippen molar-refractivity contribution in [2.75, 3.05) is 20.1 Å². The van der Waals surface area contributed by atoms with Gasteiger partial charge >= 0.3 is 0 Å². The summed E-state index contributed by atoms with van der Waals surface area (Å²) in [6.07, 6.45) is 3.67. The first-order chi connectivity index (χ1) is 9.56. The molecule has 0 amide bonds. The van der Waals surface area contributed by atoms with Gasteiger partial charge in [-0.1, -0.05) is 30.7 Å². The second kappa shape index (κ2) is 9.38. The van der Waals surface area contributed by atoms with E-state index < -0.39 is 0 Å². The van der Waals surface area contributed by atoms with Gasteiger partial charge in [0.2, 0.25) is 0 Å². The Morgan fingerprint density at radius 3 is 2.40 bits per heavy atom. The maximum Gasteiger partial charge on any atom is 0.0406 e. The van der Waals surface area contributed by atoms with Gasteiger partial charge in [0.25, 0.3) is 0 Å². The van der Waals surface area contributed by atoms with Gasteiger partial charge in [0.1, 0.15) is 0 Å². The molecule has 0 spiro atoms. The summed E-state index contributed by atoms with van der Waals surface area (Å²) in [6, 6.07) is 9.20. The molecule has 0 aromatic heterocycles. The van der Waals surface area contributed by atoms with Gasteiger partial charge in [-0.3, -0.25) is 4.90 Å². The van der Waals surface area contributed by atoms with Crippen LogP contribution in [0.2, 0.25) is 5.02 Å². The summed E-state index contributed by atoms with van der Waals surface area (Å²) in [5.74, 6) is 0. The van der Waals surface area contributed by atoms with Crippen LogP contribution in [0.15, 0.2) is 24.3 Å². The minimum atomic E-state index is 0.422. The van der Waals surface area contributed by atoms with Crippen LogP contribution in [0.3, 0.4) is 0 Å². The zero-order valence-corrected chi connectivity index (χ0v) is 14.1. The van der Waals surface area contributed by atoms with E-state index in [0.717, 1.165) is 18.1 Å². The van der Waals surface area contributed by atoms with E-state index >= 15 is 0 Å². The summed E-state index contributed by atoms with van der Waals surface area (Å²) in [4.78, 5) is 2.45. The maximum absolute atomic E-state index is 5.95. The van der Waals surface area contributed by atoms with Gasteiger partial charge in [0, 0.05) is 17.1 Å². The van der Waals surface area contributed by atoms with Crippen LogP contribution < -0.4 is 5.32 Å². The van der Waals surface area contributed by atoms with Crippen LogP contribution in [0.4, 0.5) is 0 Å². The van der Waals surface area contributed by atoms with Crippen LogP contribution >= 0.6 is 11.6 Å². The number of nitrogens with zero attached hydrogens (tertiary/aromatic N) is 1. The van der Waals surface area contributed by atoms with Crippen LogP contribution in [-0.2, 0) is 0 Å². The van der Waals surface area contributed by atoms with E-state index in [-0.39, 0.29) is 0 Å². The number of hydrogen-bond acceptors (Lipinski definition) is 2. The van der Waals surface area contributed by atoms with Gasteiger partial charge in [-0.15, -0.1) is 0 Å². The lowest BCUT2D eigenvalue weighted by Gasteiger charge is -2.31. The van der Waals surface area contributed by atoms with Crippen molar-refractivity contribution in [1.29, 1.82) is 0 Å². The molecule has 1 N–H and O–H groups in total. The van der Waals surface area contributed by atoms with E-state index in [0.29, 0.717) is 12.1 Å². The van der Waals surface area contributed by atoms with Gasteiger partial charge in [0.15, 0.2) is 0 Å².